The van der Waals surface area contributed by atoms with Crippen LogP contribution < -0.4 is 10.6 Å². The van der Waals surface area contributed by atoms with Gasteiger partial charge in [-0.25, -0.2) is 4.90 Å². The van der Waals surface area contributed by atoms with Gasteiger partial charge in [0.15, 0.2) is 0 Å². The number of nitrogens with zero attached hydrogens (tertiary/aromatic N) is 2. The van der Waals surface area contributed by atoms with E-state index in [-0.39, 0.29) is 5.69 Å². The number of hydrogen-bond donors (Lipinski definition) is 1. The molecule has 2 N–H and O–H groups in total. The molecule has 0 heterocycles. The lowest BCUT2D eigenvalue weighted by Gasteiger charge is -2.24. The molecular formula is C19H21N3O3. The van der Waals surface area contributed by atoms with Crippen LogP contribution in [0.1, 0.15) is 19.4 Å². The molecule has 0 radical (unpaired) electrons. The second-order valence-electron chi connectivity index (χ2n) is 5.56. The fraction of sp³-hybridized carbons (Fsp3) is 0.211. The minimum absolute atomic E-state index is 0.279. The van der Waals surface area contributed by atoms with E-state index >= 15 is 0 Å². The third kappa shape index (κ3) is 4.44. The van der Waals surface area contributed by atoms with Gasteiger partial charge in [0.05, 0.1) is 5.69 Å². The lowest BCUT2D eigenvalue weighted by atomic mass is 10.2. The Morgan fingerprint density at radius 3 is 2.20 bits per heavy atom. The van der Waals surface area contributed by atoms with E-state index in [0.29, 0.717) is 18.8 Å². The van der Waals surface area contributed by atoms with Crippen molar-refractivity contribution in [3.63, 3.8) is 0 Å². The normalized spacial score (nSPS) is 10.2. The van der Waals surface area contributed by atoms with Crippen molar-refractivity contribution in [1.29, 1.82) is 0 Å². The third-order valence-corrected chi connectivity index (χ3v) is 3.71. The van der Waals surface area contributed by atoms with Crippen LogP contribution in [-0.2, 0) is 20.9 Å². The van der Waals surface area contributed by atoms with Crippen molar-refractivity contribution in [2.45, 2.75) is 20.4 Å². The van der Waals surface area contributed by atoms with Crippen LogP contribution in [0.15, 0.2) is 54.6 Å². The van der Waals surface area contributed by atoms with E-state index in [2.05, 4.69) is 0 Å². The summed E-state index contributed by atoms with van der Waals surface area (Å²) in [6.07, 6.45) is 0. The molecular weight excluding hydrogens is 318 g/mol. The molecule has 0 bridgehead atoms. The first-order valence-corrected chi connectivity index (χ1v) is 7.97. The minimum Gasteiger partial charge on any atom is -0.399 e. The smallest absolute Gasteiger partial charge is 0.323 e. The number of anilines is 2. The Morgan fingerprint density at radius 1 is 0.960 bits per heavy atom. The summed E-state index contributed by atoms with van der Waals surface area (Å²) in [5.74, 6) is -2.17. The van der Waals surface area contributed by atoms with Gasteiger partial charge in [0.1, 0.15) is 0 Å². The Hall–Kier alpha value is -3.15. The van der Waals surface area contributed by atoms with Crippen LogP contribution >= 0.6 is 0 Å². The van der Waals surface area contributed by atoms with Gasteiger partial charge in [-0.1, -0.05) is 36.4 Å². The quantitative estimate of drug-likeness (QED) is 0.684. The number of carbonyl (C=O) groups excluding carboxylic acids is 3. The largest absolute Gasteiger partial charge is 0.399 e. The molecule has 2 rings (SSSR count). The molecule has 6 heteroatoms. The van der Waals surface area contributed by atoms with Gasteiger partial charge in [0, 0.05) is 25.7 Å². The van der Waals surface area contributed by atoms with Gasteiger partial charge >= 0.3 is 11.8 Å². The molecule has 3 amide bonds. The molecule has 130 valence electrons. The molecule has 0 spiro atoms. The molecule has 2 aromatic rings. The summed E-state index contributed by atoms with van der Waals surface area (Å²) < 4.78 is 0. The zero-order valence-corrected chi connectivity index (χ0v) is 14.3. The molecule has 2 aromatic carbocycles. The highest BCUT2D eigenvalue weighted by molar-refractivity contribution is 6.45. The lowest BCUT2D eigenvalue weighted by molar-refractivity contribution is -0.145. The number of carbonyl (C=O) groups is 3. The minimum atomic E-state index is -0.893. The Bertz CT molecular complexity index is 774. The zero-order valence-electron chi connectivity index (χ0n) is 14.3. The average molecular weight is 339 g/mol. The highest BCUT2D eigenvalue weighted by atomic mass is 16.2. The standard InChI is InChI=1S/C19H21N3O3/c1-3-21(13-15-8-5-4-6-9-15)18(24)19(25)22(14(2)23)17-11-7-10-16(20)12-17/h4-12H,3,13,20H2,1-2H3. The predicted octanol–water partition coefficient (Wildman–Crippen LogP) is 2.20. The molecule has 0 fully saturated rings. The highest BCUT2D eigenvalue weighted by Crippen LogP contribution is 2.19. The van der Waals surface area contributed by atoms with Gasteiger partial charge in [0.2, 0.25) is 5.91 Å². The predicted molar refractivity (Wildman–Crippen MR) is 96.6 cm³/mol. The van der Waals surface area contributed by atoms with Crippen molar-refractivity contribution in [1.82, 2.24) is 4.90 Å². The van der Waals surface area contributed by atoms with E-state index in [4.69, 9.17) is 5.73 Å². The number of hydrogen-bond acceptors (Lipinski definition) is 4. The number of benzene rings is 2. The Kier molecular flexibility index (Phi) is 5.89. The summed E-state index contributed by atoms with van der Waals surface area (Å²) in [5.41, 5.74) is 7.31. The molecule has 0 unspecified atom stereocenters. The summed E-state index contributed by atoms with van der Waals surface area (Å²) in [4.78, 5) is 39.5. The number of likely N-dealkylation sites (N-methyl/N-ethyl adjacent to an activating group) is 1. The van der Waals surface area contributed by atoms with Crippen molar-refractivity contribution < 1.29 is 14.4 Å². The maximum absolute atomic E-state index is 12.7. The van der Waals surface area contributed by atoms with Crippen LogP contribution in [0.25, 0.3) is 0 Å². The molecule has 6 nitrogen and oxygen atoms in total. The molecule has 0 aliphatic heterocycles. The summed E-state index contributed by atoms with van der Waals surface area (Å²) in [6, 6.07) is 15.7. The van der Waals surface area contributed by atoms with Crippen molar-refractivity contribution in [2.75, 3.05) is 17.2 Å². The number of rotatable bonds is 4. The molecule has 0 saturated carbocycles. The molecule has 0 aliphatic rings. The Morgan fingerprint density at radius 2 is 1.64 bits per heavy atom. The van der Waals surface area contributed by atoms with E-state index < -0.39 is 17.7 Å². The summed E-state index contributed by atoms with van der Waals surface area (Å²) >= 11 is 0. The van der Waals surface area contributed by atoms with Crippen LogP contribution in [0.4, 0.5) is 11.4 Å². The lowest BCUT2D eigenvalue weighted by Crippen LogP contribution is -2.47. The van der Waals surface area contributed by atoms with E-state index in [1.807, 2.05) is 30.3 Å². The van der Waals surface area contributed by atoms with Crippen LogP contribution in [0.2, 0.25) is 0 Å². The van der Waals surface area contributed by atoms with E-state index in [9.17, 15) is 14.4 Å². The van der Waals surface area contributed by atoms with E-state index in [1.165, 1.54) is 17.9 Å². The van der Waals surface area contributed by atoms with Gasteiger partial charge in [-0.15, -0.1) is 0 Å². The number of imide groups is 1. The molecule has 0 aliphatic carbocycles. The maximum atomic E-state index is 12.7. The summed E-state index contributed by atoms with van der Waals surface area (Å²) in [6.45, 7) is 3.67. The first-order chi connectivity index (χ1) is 11.9. The second kappa shape index (κ2) is 8.10. The van der Waals surface area contributed by atoms with Crippen molar-refractivity contribution in [3.05, 3.63) is 60.2 Å². The van der Waals surface area contributed by atoms with Crippen LogP contribution in [0.5, 0.6) is 0 Å². The fourth-order valence-electron chi connectivity index (χ4n) is 2.47. The van der Waals surface area contributed by atoms with E-state index in [0.717, 1.165) is 10.5 Å². The molecule has 0 aromatic heterocycles. The van der Waals surface area contributed by atoms with Gasteiger partial charge in [-0.05, 0) is 30.7 Å². The van der Waals surface area contributed by atoms with Gasteiger partial charge < -0.3 is 10.6 Å². The summed E-state index contributed by atoms with van der Waals surface area (Å²) in [5, 5.41) is 0. The van der Waals surface area contributed by atoms with Crippen molar-refractivity contribution in [2.24, 2.45) is 0 Å². The molecule has 0 atom stereocenters. The third-order valence-electron chi connectivity index (χ3n) is 3.71. The first-order valence-electron chi connectivity index (χ1n) is 7.97. The monoisotopic (exact) mass is 339 g/mol. The number of nitrogen functional groups attached to an aromatic ring is 1. The molecule has 25 heavy (non-hydrogen) atoms. The van der Waals surface area contributed by atoms with Crippen LogP contribution in [-0.4, -0.2) is 29.2 Å². The van der Waals surface area contributed by atoms with Crippen LogP contribution in [0.3, 0.4) is 0 Å². The van der Waals surface area contributed by atoms with Gasteiger partial charge in [0.25, 0.3) is 0 Å². The molecule has 0 saturated heterocycles. The first kappa shape index (κ1) is 18.2. The Labute approximate surface area is 146 Å². The Balaban J connectivity index is 2.25. The van der Waals surface area contributed by atoms with Crippen molar-refractivity contribution >= 4 is 29.1 Å². The highest BCUT2D eigenvalue weighted by Gasteiger charge is 2.30. The van der Waals surface area contributed by atoms with Gasteiger partial charge in [-0.3, -0.25) is 14.4 Å². The zero-order chi connectivity index (χ0) is 18.4. The number of nitrogens with two attached hydrogens (primary N) is 1. The maximum Gasteiger partial charge on any atom is 0.323 e. The number of amides is 3. The SMILES string of the molecule is CCN(Cc1ccccc1)C(=O)C(=O)N(C(C)=O)c1cccc(N)c1. The van der Waals surface area contributed by atoms with Crippen LogP contribution in [0, 0.1) is 0 Å². The average Bonchev–Trinajstić information content (AvgIpc) is 2.60. The summed E-state index contributed by atoms with van der Waals surface area (Å²) in [7, 11) is 0. The second-order valence-corrected chi connectivity index (χ2v) is 5.56. The topological polar surface area (TPSA) is 83.7 Å². The van der Waals surface area contributed by atoms with E-state index in [1.54, 1.807) is 25.1 Å². The van der Waals surface area contributed by atoms with Crippen molar-refractivity contribution in [3.8, 4) is 0 Å². The van der Waals surface area contributed by atoms with Gasteiger partial charge in [-0.2, -0.15) is 0 Å². The fourth-order valence-corrected chi connectivity index (χ4v) is 2.47.